The van der Waals surface area contributed by atoms with Gasteiger partial charge in [-0.15, -0.1) is 5.10 Å². The molecule has 2 rings (SSSR count). The first-order valence-electron chi connectivity index (χ1n) is 5.34. The number of halogens is 4. The second-order valence-corrected chi connectivity index (χ2v) is 4.30. The standard InChI is InChI=1S/C11H8ClF3N4O/c1-5-16-9(19-18-5)10(20)17-8-4-6(11(13,14)15)2-3-7(8)12/h2-4H,1H3,(H,17,20)(H,16,18,19). The molecule has 0 saturated heterocycles. The summed E-state index contributed by atoms with van der Waals surface area (Å²) in [5.74, 6) is -0.531. The lowest BCUT2D eigenvalue weighted by Gasteiger charge is -2.10. The zero-order valence-electron chi connectivity index (χ0n) is 10.0. The molecule has 0 atom stereocenters. The fourth-order valence-electron chi connectivity index (χ4n) is 1.42. The molecule has 106 valence electrons. The van der Waals surface area contributed by atoms with Crippen molar-refractivity contribution in [1.29, 1.82) is 0 Å². The molecule has 0 bridgehead atoms. The molecule has 5 nitrogen and oxygen atoms in total. The predicted molar refractivity (Wildman–Crippen MR) is 65.5 cm³/mol. The Labute approximate surface area is 116 Å². The molecule has 0 aliphatic rings. The molecular formula is C11H8ClF3N4O. The van der Waals surface area contributed by atoms with Crippen LogP contribution < -0.4 is 5.32 Å². The number of rotatable bonds is 2. The monoisotopic (exact) mass is 304 g/mol. The minimum atomic E-state index is -4.52. The van der Waals surface area contributed by atoms with Gasteiger partial charge in [0.1, 0.15) is 5.82 Å². The Bertz CT molecular complexity index is 653. The Balaban J connectivity index is 2.27. The predicted octanol–water partition coefficient (Wildman–Crippen LogP) is 3.04. The molecule has 2 N–H and O–H groups in total. The topological polar surface area (TPSA) is 70.7 Å². The van der Waals surface area contributed by atoms with Gasteiger partial charge in [0.05, 0.1) is 16.3 Å². The van der Waals surface area contributed by atoms with Gasteiger partial charge in [-0.1, -0.05) is 11.6 Å². The molecule has 0 aliphatic carbocycles. The van der Waals surface area contributed by atoms with Crippen LogP contribution in [0, 0.1) is 6.92 Å². The van der Waals surface area contributed by atoms with E-state index in [-0.39, 0.29) is 16.5 Å². The van der Waals surface area contributed by atoms with Crippen LogP contribution in [0.2, 0.25) is 5.02 Å². The third kappa shape index (κ3) is 3.08. The molecule has 0 aliphatic heterocycles. The van der Waals surface area contributed by atoms with Gasteiger partial charge in [-0.05, 0) is 25.1 Å². The number of carbonyl (C=O) groups excluding carboxylic acids is 1. The summed E-state index contributed by atoms with van der Waals surface area (Å²) < 4.78 is 37.7. The van der Waals surface area contributed by atoms with Crippen LogP contribution in [0.15, 0.2) is 18.2 Å². The quantitative estimate of drug-likeness (QED) is 0.896. The average Bonchev–Trinajstić information content (AvgIpc) is 2.77. The average molecular weight is 305 g/mol. The number of nitrogens with one attached hydrogen (secondary N) is 2. The smallest absolute Gasteiger partial charge is 0.318 e. The molecule has 9 heteroatoms. The number of carbonyl (C=O) groups is 1. The number of aryl methyl sites for hydroxylation is 1. The number of benzene rings is 1. The van der Waals surface area contributed by atoms with Gasteiger partial charge in [0.25, 0.3) is 5.91 Å². The van der Waals surface area contributed by atoms with Crippen molar-refractivity contribution in [3.63, 3.8) is 0 Å². The Hall–Kier alpha value is -2.09. The van der Waals surface area contributed by atoms with Crippen molar-refractivity contribution in [2.45, 2.75) is 13.1 Å². The van der Waals surface area contributed by atoms with Gasteiger partial charge < -0.3 is 5.32 Å². The van der Waals surface area contributed by atoms with Crippen molar-refractivity contribution < 1.29 is 18.0 Å². The van der Waals surface area contributed by atoms with Crippen molar-refractivity contribution in [2.24, 2.45) is 0 Å². The van der Waals surface area contributed by atoms with E-state index in [1.807, 2.05) is 0 Å². The van der Waals surface area contributed by atoms with Gasteiger partial charge >= 0.3 is 6.18 Å². The van der Waals surface area contributed by atoms with Crippen LogP contribution >= 0.6 is 11.6 Å². The SMILES string of the molecule is Cc1nc(C(=O)Nc2cc(C(F)(F)F)ccc2Cl)n[nH]1. The van der Waals surface area contributed by atoms with E-state index >= 15 is 0 Å². The van der Waals surface area contributed by atoms with Crippen molar-refractivity contribution in [1.82, 2.24) is 15.2 Å². The number of hydrogen-bond acceptors (Lipinski definition) is 3. The lowest BCUT2D eigenvalue weighted by Crippen LogP contribution is -2.15. The molecule has 0 unspecified atom stereocenters. The summed E-state index contributed by atoms with van der Waals surface area (Å²) in [7, 11) is 0. The Morgan fingerprint density at radius 1 is 1.40 bits per heavy atom. The van der Waals surface area contributed by atoms with E-state index in [1.54, 1.807) is 6.92 Å². The molecule has 20 heavy (non-hydrogen) atoms. The molecule has 0 spiro atoms. The number of aromatic nitrogens is 3. The van der Waals surface area contributed by atoms with Crippen molar-refractivity contribution in [2.75, 3.05) is 5.32 Å². The molecule has 0 fully saturated rings. The summed E-state index contributed by atoms with van der Waals surface area (Å²) in [5.41, 5.74) is -1.07. The second kappa shape index (κ2) is 5.12. The van der Waals surface area contributed by atoms with E-state index in [4.69, 9.17) is 11.6 Å². The molecule has 1 heterocycles. The van der Waals surface area contributed by atoms with Crippen LogP contribution in [-0.2, 0) is 6.18 Å². The zero-order valence-corrected chi connectivity index (χ0v) is 10.8. The van der Waals surface area contributed by atoms with Crippen LogP contribution in [0.25, 0.3) is 0 Å². The van der Waals surface area contributed by atoms with Crippen LogP contribution in [0.4, 0.5) is 18.9 Å². The Morgan fingerprint density at radius 3 is 2.65 bits per heavy atom. The van der Waals surface area contributed by atoms with Crippen LogP contribution in [0.1, 0.15) is 22.0 Å². The fourth-order valence-corrected chi connectivity index (χ4v) is 1.58. The Morgan fingerprint density at radius 2 is 2.10 bits per heavy atom. The molecular weight excluding hydrogens is 297 g/mol. The van der Waals surface area contributed by atoms with Gasteiger partial charge in [0.2, 0.25) is 5.82 Å². The summed E-state index contributed by atoms with van der Waals surface area (Å²) in [6.07, 6.45) is -4.52. The number of anilines is 1. The minimum absolute atomic E-state index is 0.0152. The number of nitrogens with zero attached hydrogens (tertiary/aromatic N) is 2. The Kier molecular flexibility index (Phi) is 3.67. The first-order valence-corrected chi connectivity index (χ1v) is 5.72. The lowest BCUT2D eigenvalue weighted by atomic mass is 10.2. The second-order valence-electron chi connectivity index (χ2n) is 3.89. The number of aromatic amines is 1. The van der Waals surface area contributed by atoms with Gasteiger partial charge in [-0.25, -0.2) is 4.98 Å². The summed E-state index contributed by atoms with van der Waals surface area (Å²) >= 11 is 5.75. The summed E-state index contributed by atoms with van der Waals surface area (Å²) in [4.78, 5) is 15.5. The highest BCUT2D eigenvalue weighted by atomic mass is 35.5. The first-order chi connectivity index (χ1) is 9.27. The fraction of sp³-hybridized carbons (Fsp3) is 0.182. The molecule has 1 amide bonds. The van der Waals surface area contributed by atoms with Crippen molar-refractivity contribution in [3.05, 3.63) is 40.4 Å². The van der Waals surface area contributed by atoms with Crippen molar-refractivity contribution >= 4 is 23.2 Å². The third-order valence-corrected chi connectivity index (χ3v) is 2.67. The van der Waals surface area contributed by atoms with E-state index < -0.39 is 17.6 Å². The molecule has 0 radical (unpaired) electrons. The van der Waals surface area contributed by atoms with E-state index in [1.165, 1.54) is 0 Å². The van der Waals surface area contributed by atoms with Gasteiger partial charge in [0, 0.05) is 0 Å². The third-order valence-electron chi connectivity index (χ3n) is 2.34. The maximum absolute atomic E-state index is 12.6. The van der Waals surface area contributed by atoms with E-state index in [0.717, 1.165) is 18.2 Å². The van der Waals surface area contributed by atoms with Crippen LogP contribution in [0.3, 0.4) is 0 Å². The van der Waals surface area contributed by atoms with Gasteiger partial charge in [-0.2, -0.15) is 13.2 Å². The lowest BCUT2D eigenvalue weighted by molar-refractivity contribution is -0.137. The number of alkyl halides is 3. The van der Waals surface area contributed by atoms with E-state index in [2.05, 4.69) is 20.5 Å². The summed E-state index contributed by atoms with van der Waals surface area (Å²) in [6, 6.07) is 2.64. The zero-order chi connectivity index (χ0) is 14.9. The maximum Gasteiger partial charge on any atom is 0.416 e. The highest BCUT2D eigenvalue weighted by Gasteiger charge is 2.31. The van der Waals surface area contributed by atoms with Gasteiger partial charge in [-0.3, -0.25) is 9.89 Å². The van der Waals surface area contributed by atoms with E-state index in [9.17, 15) is 18.0 Å². The highest BCUT2D eigenvalue weighted by molar-refractivity contribution is 6.33. The number of amides is 1. The normalized spacial score (nSPS) is 11.4. The number of H-pyrrole nitrogens is 1. The molecule has 1 aromatic carbocycles. The first kappa shape index (κ1) is 14.3. The maximum atomic E-state index is 12.6. The highest BCUT2D eigenvalue weighted by Crippen LogP contribution is 2.33. The van der Waals surface area contributed by atoms with E-state index in [0.29, 0.717) is 5.82 Å². The van der Waals surface area contributed by atoms with Crippen LogP contribution in [0.5, 0.6) is 0 Å². The molecule has 1 aromatic heterocycles. The van der Waals surface area contributed by atoms with Crippen LogP contribution in [-0.4, -0.2) is 21.1 Å². The number of hydrogen-bond donors (Lipinski definition) is 2. The van der Waals surface area contributed by atoms with Gasteiger partial charge in [0.15, 0.2) is 0 Å². The summed E-state index contributed by atoms with van der Waals surface area (Å²) in [5, 5.41) is 8.27. The summed E-state index contributed by atoms with van der Waals surface area (Å²) in [6.45, 7) is 1.58. The molecule has 0 saturated carbocycles. The minimum Gasteiger partial charge on any atom is -0.318 e. The molecule has 2 aromatic rings. The van der Waals surface area contributed by atoms with Crippen molar-refractivity contribution in [3.8, 4) is 0 Å². The largest absolute Gasteiger partial charge is 0.416 e.